The van der Waals surface area contributed by atoms with Crippen molar-refractivity contribution in [3.05, 3.63) is 30.3 Å². The smallest absolute Gasteiger partial charge is 0.181 e. The Morgan fingerprint density at radius 3 is 2.56 bits per heavy atom. The molecule has 0 bridgehead atoms. The Bertz CT molecular complexity index is 483. The molecule has 1 aromatic rings. The average molecular weight is 270 g/mol. The van der Waals surface area contributed by atoms with E-state index in [9.17, 15) is 13.5 Å². The Kier molecular flexibility index (Phi) is 4.04. The van der Waals surface area contributed by atoms with E-state index < -0.39 is 21.4 Å². The fourth-order valence-electron chi connectivity index (χ4n) is 2.29. The summed E-state index contributed by atoms with van der Waals surface area (Å²) in [5, 5.41) is 9.02. The maximum atomic E-state index is 12.5. The van der Waals surface area contributed by atoms with Gasteiger partial charge in [0.2, 0.25) is 0 Å². The van der Waals surface area contributed by atoms with Crippen molar-refractivity contribution in [3.8, 4) is 0 Å². The van der Waals surface area contributed by atoms with Crippen LogP contribution in [0.3, 0.4) is 0 Å². The molecule has 4 nitrogen and oxygen atoms in total. The molecule has 1 fully saturated rings. The summed E-state index contributed by atoms with van der Waals surface area (Å²) in [5.41, 5.74) is 0. The van der Waals surface area contributed by atoms with Crippen molar-refractivity contribution in [1.29, 1.82) is 0 Å². The van der Waals surface area contributed by atoms with Gasteiger partial charge in [0.15, 0.2) is 16.1 Å². The first kappa shape index (κ1) is 13.5. The highest BCUT2D eigenvalue weighted by Gasteiger charge is 2.32. The second-order valence-electron chi connectivity index (χ2n) is 4.69. The normalized spacial score (nSPS) is 29.8. The van der Waals surface area contributed by atoms with Gasteiger partial charge in [-0.1, -0.05) is 18.2 Å². The second-order valence-corrected chi connectivity index (χ2v) is 6.92. The molecule has 1 aromatic carbocycles. The Labute approximate surface area is 108 Å². The molecule has 5 heteroatoms. The summed E-state index contributed by atoms with van der Waals surface area (Å²) in [6, 6.07) is 8.46. The zero-order chi connectivity index (χ0) is 13.2. The summed E-state index contributed by atoms with van der Waals surface area (Å²) in [6.45, 7) is 1.79. The topological polar surface area (TPSA) is 63.6 Å². The van der Waals surface area contributed by atoms with Gasteiger partial charge in [-0.2, -0.15) is 0 Å². The van der Waals surface area contributed by atoms with Crippen LogP contribution >= 0.6 is 0 Å². The van der Waals surface area contributed by atoms with Gasteiger partial charge in [0.05, 0.1) is 16.2 Å². The molecule has 0 amide bonds. The Hall–Kier alpha value is -0.910. The summed E-state index contributed by atoms with van der Waals surface area (Å²) >= 11 is 0. The van der Waals surface area contributed by atoms with Crippen LogP contribution in [0, 0.1) is 0 Å². The molecule has 1 heterocycles. The van der Waals surface area contributed by atoms with Crippen molar-refractivity contribution in [1.82, 2.24) is 0 Å². The number of aliphatic hydroxyl groups excluding tert-OH is 1. The number of aliphatic hydroxyl groups is 1. The lowest BCUT2D eigenvalue weighted by Gasteiger charge is -2.17. The first-order valence-corrected chi connectivity index (χ1v) is 7.67. The fourth-order valence-corrected chi connectivity index (χ4v) is 4.18. The van der Waals surface area contributed by atoms with Gasteiger partial charge in [0.1, 0.15) is 0 Å². The molecule has 0 aromatic heterocycles. The van der Waals surface area contributed by atoms with Crippen LogP contribution in [0.4, 0.5) is 0 Å². The lowest BCUT2D eigenvalue weighted by molar-refractivity contribution is -0.126. The number of sulfone groups is 1. The zero-order valence-corrected chi connectivity index (χ0v) is 11.1. The standard InChI is InChI=1S/C13H18O4S/c1-10-9-12(7-8-13(14)17-10)18(15,16)11-5-3-2-4-6-11/h2-6,10,12-14H,7-9H2,1H3. The van der Waals surface area contributed by atoms with Crippen molar-refractivity contribution in [2.45, 2.75) is 48.7 Å². The van der Waals surface area contributed by atoms with Gasteiger partial charge < -0.3 is 9.84 Å². The molecule has 1 saturated heterocycles. The average Bonchev–Trinajstić information content (AvgIpc) is 2.51. The summed E-state index contributed by atoms with van der Waals surface area (Å²) in [7, 11) is -3.33. The third-order valence-electron chi connectivity index (χ3n) is 3.23. The monoisotopic (exact) mass is 270 g/mol. The van der Waals surface area contributed by atoms with Gasteiger partial charge in [0, 0.05) is 0 Å². The number of ether oxygens (including phenoxy) is 1. The summed E-state index contributed by atoms with van der Waals surface area (Å²) < 4.78 is 30.2. The molecule has 100 valence electrons. The lowest BCUT2D eigenvalue weighted by atomic mass is 10.1. The minimum absolute atomic E-state index is 0.244. The van der Waals surface area contributed by atoms with E-state index in [4.69, 9.17) is 4.74 Å². The molecule has 1 aliphatic rings. The molecule has 0 spiro atoms. The van der Waals surface area contributed by atoms with Crippen LogP contribution in [-0.4, -0.2) is 31.2 Å². The third kappa shape index (κ3) is 2.91. The molecular formula is C13H18O4S. The minimum Gasteiger partial charge on any atom is -0.368 e. The molecule has 18 heavy (non-hydrogen) atoms. The van der Waals surface area contributed by atoms with Crippen LogP contribution in [0.1, 0.15) is 26.2 Å². The SMILES string of the molecule is CC1CC(S(=O)(=O)c2ccccc2)CCC(O)O1. The fraction of sp³-hybridized carbons (Fsp3) is 0.538. The highest BCUT2D eigenvalue weighted by Crippen LogP contribution is 2.27. The van der Waals surface area contributed by atoms with Crippen LogP contribution in [0.2, 0.25) is 0 Å². The Morgan fingerprint density at radius 2 is 1.89 bits per heavy atom. The number of rotatable bonds is 2. The van der Waals surface area contributed by atoms with E-state index in [0.29, 0.717) is 24.2 Å². The van der Waals surface area contributed by atoms with E-state index in [1.165, 1.54) is 0 Å². The van der Waals surface area contributed by atoms with Gasteiger partial charge in [-0.05, 0) is 38.3 Å². The van der Waals surface area contributed by atoms with Gasteiger partial charge in [-0.15, -0.1) is 0 Å². The van der Waals surface area contributed by atoms with Gasteiger partial charge in [-0.25, -0.2) is 8.42 Å². The third-order valence-corrected chi connectivity index (χ3v) is 5.47. The summed E-state index contributed by atoms with van der Waals surface area (Å²) in [5.74, 6) is 0. The van der Waals surface area contributed by atoms with Crippen LogP contribution in [0.15, 0.2) is 35.2 Å². The maximum Gasteiger partial charge on any atom is 0.181 e. The molecule has 0 aliphatic carbocycles. The minimum atomic E-state index is -3.33. The Balaban J connectivity index is 2.25. The lowest BCUT2D eigenvalue weighted by Crippen LogP contribution is -2.24. The summed E-state index contributed by atoms with van der Waals surface area (Å²) in [6.07, 6.45) is 0.125. The molecule has 1 N–H and O–H groups in total. The molecule has 3 unspecified atom stereocenters. The first-order valence-electron chi connectivity index (χ1n) is 6.12. The summed E-state index contributed by atoms with van der Waals surface area (Å²) in [4.78, 5) is 0.346. The zero-order valence-electron chi connectivity index (χ0n) is 10.3. The highest BCUT2D eigenvalue weighted by atomic mass is 32.2. The van der Waals surface area contributed by atoms with Crippen molar-refractivity contribution in [2.24, 2.45) is 0 Å². The molecule has 3 atom stereocenters. The van der Waals surface area contributed by atoms with E-state index in [-0.39, 0.29) is 6.10 Å². The molecular weight excluding hydrogens is 252 g/mol. The van der Waals surface area contributed by atoms with E-state index >= 15 is 0 Å². The Morgan fingerprint density at radius 1 is 1.22 bits per heavy atom. The van der Waals surface area contributed by atoms with Crippen molar-refractivity contribution in [3.63, 3.8) is 0 Å². The number of benzene rings is 1. The van der Waals surface area contributed by atoms with Crippen molar-refractivity contribution in [2.75, 3.05) is 0 Å². The van der Waals surface area contributed by atoms with Crippen LogP contribution < -0.4 is 0 Å². The molecule has 2 rings (SSSR count). The second kappa shape index (κ2) is 5.38. The van der Waals surface area contributed by atoms with Gasteiger partial charge in [-0.3, -0.25) is 0 Å². The van der Waals surface area contributed by atoms with Crippen LogP contribution in [0.5, 0.6) is 0 Å². The quantitative estimate of drug-likeness (QED) is 0.889. The maximum absolute atomic E-state index is 12.5. The molecule has 1 aliphatic heterocycles. The van der Waals surface area contributed by atoms with E-state index in [0.717, 1.165) is 0 Å². The van der Waals surface area contributed by atoms with E-state index in [1.807, 2.05) is 0 Å². The van der Waals surface area contributed by atoms with Gasteiger partial charge >= 0.3 is 0 Å². The van der Waals surface area contributed by atoms with Crippen molar-refractivity contribution < 1.29 is 18.3 Å². The van der Waals surface area contributed by atoms with E-state index in [2.05, 4.69) is 0 Å². The predicted molar refractivity (Wildman–Crippen MR) is 67.8 cm³/mol. The number of hydrogen-bond donors (Lipinski definition) is 1. The van der Waals surface area contributed by atoms with Crippen molar-refractivity contribution >= 4 is 9.84 Å². The van der Waals surface area contributed by atoms with Gasteiger partial charge in [0.25, 0.3) is 0 Å². The van der Waals surface area contributed by atoms with Crippen LogP contribution in [0.25, 0.3) is 0 Å². The first-order chi connectivity index (χ1) is 8.50. The van der Waals surface area contributed by atoms with Crippen LogP contribution in [-0.2, 0) is 14.6 Å². The van der Waals surface area contributed by atoms with E-state index in [1.54, 1.807) is 37.3 Å². The highest BCUT2D eigenvalue weighted by molar-refractivity contribution is 7.92. The molecule has 0 radical (unpaired) electrons. The molecule has 0 saturated carbocycles. The number of hydrogen-bond acceptors (Lipinski definition) is 4. The predicted octanol–water partition coefficient (Wildman–Crippen LogP) is 1.74. The largest absolute Gasteiger partial charge is 0.368 e.